The summed E-state index contributed by atoms with van der Waals surface area (Å²) in [5.41, 5.74) is 2.13. The third-order valence-electron chi connectivity index (χ3n) is 5.80. The van der Waals surface area contributed by atoms with Gasteiger partial charge in [0.1, 0.15) is 0 Å². The molecule has 0 bridgehead atoms. The second-order valence-electron chi connectivity index (χ2n) is 7.44. The first kappa shape index (κ1) is 17.5. The number of carbonyl (C=O) groups excluding carboxylic acids is 1. The maximum absolute atomic E-state index is 12.9. The quantitative estimate of drug-likeness (QED) is 0.820. The minimum atomic E-state index is 0.112. The zero-order chi connectivity index (χ0) is 18.0. The topological polar surface area (TPSA) is 36.4 Å². The average molecular weight is 370 g/mol. The number of rotatable bonds is 3. The summed E-state index contributed by atoms with van der Waals surface area (Å²) in [7, 11) is 0. The molecule has 3 heterocycles. The molecular weight excluding hydrogens is 346 g/mol. The standard InChI is InChI=1S/C21H24ClN3O/c22-19-5-3-17(4-6-19)15-25-14-2-10-21(25)9-1-13-24(16-21)20(26)18-7-11-23-12-8-18/h3-8,11-12H,1-2,9-10,13-16H2/t21-/m1/s1. The summed E-state index contributed by atoms with van der Waals surface area (Å²) in [5, 5.41) is 0.775. The molecule has 5 heteroatoms. The van der Waals surface area contributed by atoms with Crippen molar-refractivity contribution in [3.8, 4) is 0 Å². The molecule has 2 aliphatic rings. The number of aromatic nitrogens is 1. The molecule has 0 unspecified atom stereocenters. The Morgan fingerprint density at radius 3 is 2.46 bits per heavy atom. The van der Waals surface area contributed by atoms with Gasteiger partial charge in [0.05, 0.1) is 0 Å². The molecule has 1 atom stereocenters. The van der Waals surface area contributed by atoms with E-state index >= 15 is 0 Å². The highest BCUT2D eigenvalue weighted by molar-refractivity contribution is 6.30. The normalized spacial score (nSPS) is 23.5. The van der Waals surface area contributed by atoms with Gasteiger partial charge in [0.25, 0.3) is 5.91 Å². The molecule has 1 amide bonds. The highest BCUT2D eigenvalue weighted by Gasteiger charge is 2.44. The van der Waals surface area contributed by atoms with Gasteiger partial charge in [-0.15, -0.1) is 0 Å². The highest BCUT2D eigenvalue weighted by Crippen LogP contribution is 2.38. The first-order valence-electron chi connectivity index (χ1n) is 9.35. The zero-order valence-electron chi connectivity index (χ0n) is 14.9. The van der Waals surface area contributed by atoms with E-state index in [1.807, 2.05) is 29.2 Å². The first-order valence-corrected chi connectivity index (χ1v) is 9.73. The van der Waals surface area contributed by atoms with Crippen molar-refractivity contribution in [2.45, 2.75) is 37.8 Å². The molecule has 0 N–H and O–H groups in total. The summed E-state index contributed by atoms with van der Waals surface area (Å²) in [4.78, 5) is 21.6. The summed E-state index contributed by atoms with van der Waals surface area (Å²) in [6.45, 7) is 3.69. The van der Waals surface area contributed by atoms with Crippen LogP contribution < -0.4 is 0 Å². The van der Waals surface area contributed by atoms with Crippen molar-refractivity contribution in [1.82, 2.24) is 14.8 Å². The van der Waals surface area contributed by atoms with Crippen molar-refractivity contribution in [2.75, 3.05) is 19.6 Å². The number of hydrogen-bond donors (Lipinski definition) is 0. The predicted octanol–water partition coefficient (Wildman–Crippen LogP) is 4.01. The van der Waals surface area contributed by atoms with Crippen LogP contribution in [0.15, 0.2) is 48.8 Å². The summed E-state index contributed by atoms with van der Waals surface area (Å²) < 4.78 is 0. The van der Waals surface area contributed by atoms with Crippen LogP contribution in [0.4, 0.5) is 0 Å². The van der Waals surface area contributed by atoms with E-state index < -0.39 is 0 Å². The van der Waals surface area contributed by atoms with Crippen LogP contribution in [-0.2, 0) is 6.54 Å². The summed E-state index contributed by atoms with van der Waals surface area (Å²) in [5.74, 6) is 0.129. The Hall–Kier alpha value is -1.91. The summed E-state index contributed by atoms with van der Waals surface area (Å²) >= 11 is 6.02. The Morgan fingerprint density at radius 1 is 1.04 bits per heavy atom. The molecule has 2 aromatic rings. The highest BCUT2D eigenvalue weighted by atomic mass is 35.5. The number of amides is 1. The molecule has 26 heavy (non-hydrogen) atoms. The Morgan fingerprint density at radius 2 is 1.73 bits per heavy atom. The van der Waals surface area contributed by atoms with E-state index in [1.165, 1.54) is 24.8 Å². The van der Waals surface area contributed by atoms with Crippen LogP contribution in [0, 0.1) is 0 Å². The van der Waals surface area contributed by atoms with Crippen LogP contribution in [-0.4, -0.2) is 45.9 Å². The molecular formula is C21H24ClN3O. The number of hydrogen-bond acceptors (Lipinski definition) is 3. The second-order valence-corrected chi connectivity index (χ2v) is 7.88. The molecule has 0 radical (unpaired) electrons. The van der Waals surface area contributed by atoms with Gasteiger partial charge < -0.3 is 4.90 Å². The van der Waals surface area contributed by atoms with Crippen molar-refractivity contribution in [1.29, 1.82) is 0 Å². The average Bonchev–Trinajstić information content (AvgIpc) is 3.05. The fourth-order valence-corrected chi connectivity index (χ4v) is 4.60. The first-order chi connectivity index (χ1) is 12.7. The number of pyridine rings is 1. The summed E-state index contributed by atoms with van der Waals surface area (Å²) in [6.07, 6.45) is 7.98. The fourth-order valence-electron chi connectivity index (χ4n) is 4.48. The maximum Gasteiger partial charge on any atom is 0.254 e. The lowest BCUT2D eigenvalue weighted by atomic mass is 9.86. The van der Waals surface area contributed by atoms with E-state index in [9.17, 15) is 4.79 Å². The van der Waals surface area contributed by atoms with Gasteiger partial charge >= 0.3 is 0 Å². The van der Waals surface area contributed by atoms with Gasteiger partial charge in [0.15, 0.2) is 0 Å². The Balaban J connectivity index is 1.51. The molecule has 4 nitrogen and oxygen atoms in total. The number of likely N-dealkylation sites (tertiary alicyclic amines) is 2. The van der Waals surface area contributed by atoms with E-state index in [1.54, 1.807) is 12.4 Å². The van der Waals surface area contributed by atoms with Crippen molar-refractivity contribution in [2.24, 2.45) is 0 Å². The SMILES string of the molecule is O=C(c1ccncc1)N1CCC[C@@]2(CCCN2Cc2ccc(Cl)cc2)C1. The third-order valence-corrected chi connectivity index (χ3v) is 6.05. The smallest absolute Gasteiger partial charge is 0.254 e. The molecule has 0 aliphatic carbocycles. The van der Waals surface area contributed by atoms with Crippen LogP contribution in [0.2, 0.25) is 5.02 Å². The third kappa shape index (κ3) is 3.49. The lowest BCUT2D eigenvalue weighted by Gasteiger charge is -2.46. The van der Waals surface area contributed by atoms with Crippen LogP contribution in [0.5, 0.6) is 0 Å². The van der Waals surface area contributed by atoms with Gasteiger partial charge in [-0.3, -0.25) is 14.7 Å². The van der Waals surface area contributed by atoms with Crippen molar-refractivity contribution in [3.63, 3.8) is 0 Å². The molecule has 2 saturated heterocycles. The molecule has 1 spiro atoms. The largest absolute Gasteiger partial charge is 0.337 e. The van der Waals surface area contributed by atoms with Crippen LogP contribution in [0.1, 0.15) is 41.6 Å². The second kappa shape index (κ2) is 7.37. The van der Waals surface area contributed by atoms with Gasteiger partial charge in [-0.1, -0.05) is 23.7 Å². The van der Waals surface area contributed by atoms with Gasteiger partial charge in [0, 0.05) is 48.2 Å². The summed E-state index contributed by atoms with van der Waals surface area (Å²) in [6, 6.07) is 11.8. The molecule has 2 aliphatic heterocycles. The lowest BCUT2D eigenvalue weighted by molar-refractivity contribution is 0.0296. The van der Waals surface area contributed by atoms with E-state index in [0.717, 1.165) is 43.2 Å². The van der Waals surface area contributed by atoms with E-state index in [4.69, 9.17) is 11.6 Å². The van der Waals surface area contributed by atoms with Crippen LogP contribution in [0.25, 0.3) is 0 Å². The minimum absolute atomic E-state index is 0.112. The van der Waals surface area contributed by atoms with Crippen molar-refractivity contribution in [3.05, 3.63) is 64.9 Å². The lowest BCUT2D eigenvalue weighted by Crippen LogP contribution is -2.56. The van der Waals surface area contributed by atoms with Gasteiger partial charge in [0.2, 0.25) is 0 Å². The van der Waals surface area contributed by atoms with Gasteiger partial charge in [-0.05, 0) is 62.1 Å². The number of nitrogens with zero attached hydrogens (tertiary/aromatic N) is 3. The van der Waals surface area contributed by atoms with E-state index in [2.05, 4.69) is 22.0 Å². The fraction of sp³-hybridized carbons (Fsp3) is 0.429. The monoisotopic (exact) mass is 369 g/mol. The number of piperidine rings is 1. The van der Waals surface area contributed by atoms with Crippen LogP contribution in [0.3, 0.4) is 0 Å². The molecule has 2 fully saturated rings. The number of carbonyl (C=O) groups is 1. The number of halogens is 1. The predicted molar refractivity (Wildman–Crippen MR) is 103 cm³/mol. The Bertz CT molecular complexity index is 765. The molecule has 4 rings (SSSR count). The molecule has 0 saturated carbocycles. The Kier molecular flexibility index (Phi) is 4.96. The number of benzene rings is 1. The van der Waals surface area contributed by atoms with Gasteiger partial charge in [-0.2, -0.15) is 0 Å². The molecule has 1 aromatic carbocycles. The van der Waals surface area contributed by atoms with Crippen molar-refractivity contribution >= 4 is 17.5 Å². The van der Waals surface area contributed by atoms with Gasteiger partial charge in [-0.25, -0.2) is 0 Å². The zero-order valence-corrected chi connectivity index (χ0v) is 15.7. The van der Waals surface area contributed by atoms with Crippen molar-refractivity contribution < 1.29 is 4.79 Å². The van der Waals surface area contributed by atoms with E-state index in [-0.39, 0.29) is 11.4 Å². The molecule has 1 aromatic heterocycles. The van der Waals surface area contributed by atoms with Crippen LogP contribution >= 0.6 is 11.6 Å². The molecule has 136 valence electrons. The maximum atomic E-state index is 12.9. The van der Waals surface area contributed by atoms with E-state index in [0.29, 0.717) is 0 Å². The minimum Gasteiger partial charge on any atom is -0.337 e. The Labute approximate surface area is 159 Å².